The fourth-order valence-corrected chi connectivity index (χ4v) is 3.59. The molecule has 2 aromatic rings. The van der Waals surface area contributed by atoms with Gasteiger partial charge in [0.05, 0.1) is 36.3 Å². The molecule has 2 heterocycles. The van der Waals surface area contributed by atoms with Crippen molar-refractivity contribution in [3.8, 4) is 0 Å². The van der Waals surface area contributed by atoms with Crippen molar-refractivity contribution in [2.45, 2.75) is 5.16 Å². The Morgan fingerprint density at radius 1 is 1.28 bits per heavy atom. The van der Waals surface area contributed by atoms with Gasteiger partial charge in [-0.1, -0.05) is 15.9 Å². The van der Waals surface area contributed by atoms with Crippen LogP contribution in [-0.2, 0) is 14.6 Å². The third kappa shape index (κ3) is 4.89. The minimum absolute atomic E-state index is 0.0538. The van der Waals surface area contributed by atoms with Crippen molar-refractivity contribution in [1.82, 2.24) is 9.97 Å². The predicted molar refractivity (Wildman–Crippen MR) is 107 cm³/mol. The third-order valence-electron chi connectivity index (χ3n) is 4.11. The van der Waals surface area contributed by atoms with Crippen LogP contribution in [0.1, 0.15) is 20.8 Å². The maximum atomic E-state index is 13.0. The SMILES string of the molecule is CS(=O)(=O)c1ncc(N2CCOCC2)c(C(=O)Nc2ccc(Br)cc2C(=O)O)n1. The second kappa shape index (κ2) is 8.43. The first kappa shape index (κ1) is 21.1. The van der Waals surface area contributed by atoms with Crippen LogP contribution in [0.4, 0.5) is 11.4 Å². The van der Waals surface area contributed by atoms with Crippen LogP contribution in [-0.4, -0.2) is 67.9 Å². The van der Waals surface area contributed by atoms with E-state index in [0.29, 0.717) is 36.5 Å². The van der Waals surface area contributed by atoms with Crippen molar-refractivity contribution in [2.24, 2.45) is 0 Å². The van der Waals surface area contributed by atoms with Crippen LogP contribution < -0.4 is 10.2 Å². The molecule has 0 saturated carbocycles. The van der Waals surface area contributed by atoms with Gasteiger partial charge in [0.1, 0.15) is 0 Å². The molecule has 1 amide bonds. The van der Waals surface area contributed by atoms with Gasteiger partial charge in [-0.2, -0.15) is 0 Å². The summed E-state index contributed by atoms with van der Waals surface area (Å²) in [4.78, 5) is 34.1. The standard InChI is InChI=1S/C17H17BrN4O6S/c1-29(26,27)17-19-9-13(22-4-6-28-7-5-22)14(21-17)15(23)20-12-3-2-10(18)8-11(12)16(24)25/h2-3,8-9H,4-7H2,1H3,(H,20,23)(H,24,25). The van der Waals surface area contributed by atoms with Gasteiger partial charge < -0.3 is 20.1 Å². The van der Waals surface area contributed by atoms with Gasteiger partial charge in [0.25, 0.3) is 5.91 Å². The Hall–Kier alpha value is -2.57. The first-order valence-electron chi connectivity index (χ1n) is 8.41. The number of benzene rings is 1. The maximum absolute atomic E-state index is 13.0. The lowest BCUT2D eigenvalue weighted by molar-refractivity contribution is 0.0698. The Labute approximate surface area is 175 Å². The van der Waals surface area contributed by atoms with Crippen LogP contribution in [0.3, 0.4) is 0 Å². The van der Waals surface area contributed by atoms with E-state index in [1.807, 2.05) is 4.90 Å². The Kier molecular flexibility index (Phi) is 6.15. The highest BCUT2D eigenvalue weighted by Gasteiger charge is 2.25. The molecule has 1 saturated heterocycles. The average Bonchev–Trinajstić information content (AvgIpc) is 2.68. The lowest BCUT2D eigenvalue weighted by atomic mass is 10.1. The third-order valence-corrected chi connectivity index (χ3v) is 5.46. The summed E-state index contributed by atoms with van der Waals surface area (Å²) in [6.07, 6.45) is 2.22. The number of anilines is 2. The van der Waals surface area contributed by atoms with Crippen LogP contribution in [0.2, 0.25) is 0 Å². The van der Waals surface area contributed by atoms with E-state index in [1.165, 1.54) is 18.3 Å². The van der Waals surface area contributed by atoms with Crippen LogP contribution in [0.25, 0.3) is 0 Å². The van der Waals surface area contributed by atoms with E-state index in [1.54, 1.807) is 6.07 Å². The number of rotatable bonds is 5. The second-order valence-electron chi connectivity index (χ2n) is 6.21. The van der Waals surface area contributed by atoms with Crippen molar-refractivity contribution in [1.29, 1.82) is 0 Å². The number of halogens is 1. The number of aromatic nitrogens is 2. The number of carboxylic acid groups (broad SMARTS) is 1. The van der Waals surface area contributed by atoms with Crippen LogP contribution >= 0.6 is 15.9 Å². The summed E-state index contributed by atoms with van der Waals surface area (Å²) in [6.45, 7) is 1.82. The number of nitrogens with zero attached hydrogens (tertiary/aromatic N) is 3. The maximum Gasteiger partial charge on any atom is 0.337 e. The van der Waals surface area contributed by atoms with E-state index in [0.717, 1.165) is 6.26 Å². The molecule has 0 atom stereocenters. The number of hydrogen-bond acceptors (Lipinski definition) is 8. The zero-order valence-electron chi connectivity index (χ0n) is 15.3. The number of nitrogens with one attached hydrogen (secondary N) is 1. The minimum Gasteiger partial charge on any atom is -0.478 e. The molecule has 0 radical (unpaired) electrons. The average molecular weight is 485 g/mol. The summed E-state index contributed by atoms with van der Waals surface area (Å²) in [5.41, 5.74) is 0.102. The van der Waals surface area contributed by atoms with Gasteiger partial charge in [-0.3, -0.25) is 4.79 Å². The van der Waals surface area contributed by atoms with E-state index < -0.39 is 26.9 Å². The highest BCUT2D eigenvalue weighted by molar-refractivity contribution is 9.10. The van der Waals surface area contributed by atoms with E-state index in [9.17, 15) is 23.1 Å². The van der Waals surface area contributed by atoms with E-state index in [-0.39, 0.29) is 16.9 Å². The molecule has 1 aromatic heterocycles. The van der Waals surface area contributed by atoms with Crippen molar-refractivity contribution >= 4 is 49.0 Å². The quantitative estimate of drug-likeness (QED) is 0.602. The van der Waals surface area contributed by atoms with Crippen LogP contribution in [0.5, 0.6) is 0 Å². The summed E-state index contributed by atoms with van der Waals surface area (Å²) < 4.78 is 29.6. The molecule has 154 valence electrons. The Bertz CT molecular complexity index is 1070. The topological polar surface area (TPSA) is 139 Å². The Morgan fingerprint density at radius 2 is 1.97 bits per heavy atom. The van der Waals surface area contributed by atoms with Gasteiger partial charge in [0, 0.05) is 23.8 Å². The summed E-state index contributed by atoms with van der Waals surface area (Å²) >= 11 is 3.19. The number of ether oxygens (including phenoxy) is 1. The molecule has 0 unspecified atom stereocenters. The molecule has 0 spiro atoms. The van der Waals surface area contributed by atoms with Crippen molar-refractivity contribution < 1.29 is 27.9 Å². The Balaban J connectivity index is 2.03. The van der Waals surface area contributed by atoms with Gasteiger partial charge in [-0.25, -0.2) is 23.2 Å². The van der Waals surface area contributed by atoms with Crippen molar-refractivity contribution in [3.63, 3.8) is 0 Å². The highest BCUT2D eigenvalue weighted by atomic mass is 79.9. The number of carbonyl (C=O) groups excluding carboxylic acids is 1. The molecule has 29 heavy (non-hydrogen) atoms. The largest absolute Gasteiger partial charge is 0.478 e. The van der Waals surface area contributed by atoms with Crippen LogP contribution in [0.15, 0.2) is 34.0 Å². The molecule has 2 N–H and O–H groups in total. The molecule has 0 bridgehead atoms. The molecule has 1 aromatic carbocycles. The number of carbonyl (C=O) groups is 2. The van der Waals surface area contributed by atoms with Crippen molar-refractivity contribution in [2.75, 3.05) is 42.8 Å². The van der Waals surface area contributed by atoms with Gasteiger partial charge in [0.2, 0.25) is 15.0 Å². The zero-order chi connectivity index (χ0) is 21.2. The fraction of sp³-hybridized carbons (Fsp3) is 0.294. The number of hydrogen-bond donors (Lipinski definition) is 2. The molecular weight excluding hydrogens is 468 g/mol. The lowest BCUT2D eigenvalue weighted by Crippen LogP contribution is -2.38. The molecule has 12 heteroatoms. The molecule has 1 aliphatic heterocycles. The second-order valence-corrected chi connectivity index (χ2v) is 9.03. The summed E-state index contributed by atoms with van der Waals surface area (Å²) in [6, 6.07) is 4.36. The smallest absolute Gasteiger partial charge is 0.337 e. The normalized spacial score (nSPS) is 14.5. The van der Waals surface area contributed by atoms with Gasteiger partial charge >= 0.3 is 5.97 Å². The van der Waals surface area contributed by atoms with Crippen molar-refractivity contribution in [3.05, 3.63) is 40.1 Å². The zero-order valence-corrected chi connectivity index (χ0v) is 17.7. The summed E-state index contributed by atoms with van der Waals surface area (Å²) in [5.74, 6) is -1.97. The predicted octanol–water partition coefficient (Wildman–Crippen LogP) is 1.43. The minimum atomic E-state index is -3.75. The highest BCUT2D eigenvalue weighted by Crippen LogP contribution is 2.25. The van der Waals surface area contributed by atoms with E-state index in [4.69, 9.17) is 4.74 Å². The molecule has 1 aliphatic rings. The van der Waals surface area contributed by atoms with Crippen LogP contribution in [0, 0.1) is 0 Å². The van der Waals surface area contributed by atoms with Gasteiger partial charge in [-0.05, 0) is 18.2 Å². The number of carboxylic acids is 1. The first-order valence-corrected chi connectivity index (χ1v) is 11.1. The molecule has 0 aliphatic carbocycles. The number of morpholine rings is 1. The Morgan fingerprint density at radius 3 is 2.59 bits per heavy atom. The van der Waals surface area contributed by atoms with Gasteiger partial charge in [0.15, 0.2) is 5.69 Å². The first-order chi connectivity index (χ1) is 13.7. The molecule has 3 rings (SSSR count). The number of aromatic carboxylic acids is 1. The molecule has 1 fully saturated rings. The van der Waals surface area contributed by atoms with E-state index >= 15 is 0 Å². The summed E-state index contributed by atoms with van der Waals surface area (Å²) in [7, 11) is -3.75. The van der Waals surface area contributed by atoms with Gasteiger partial charge in [-0.15, -0.1) is 0 Å². The number of amides is 1. The molecule has 10 nitrogen and oxygen atoms in total. The lowest BCUT2D eigenvalue weighted by Gasteiger charge is -2.29. The number of sulfone groups is 1. The molecular formula is C17H17BrN4O6S. The monoisotopic (exact) mass is 484 g/mol. The van der Waals surface area contributed by atoms with E-state index in [2.05, 4.69) is 31.2 Å². The summed E-state index contributed by atoms with van der Waals surface area (Å²) in [5, 5.41) is 11.4. The fourth-order valence-electron chi connectivity index (χ4n) is 2.72.